The molecule has 0 aliphatic rings. The third-order valence-corrected chi connectivity index (χ3v) is 4.00. The van der Waals surface area contributed by atoms with Crippen LogP contribution in [0.2, 0.25) is 0 Å². The molecule has 1 nitrogen and oxygen atoms in total. The number of aliphatic hydroxyl groups excluding tert-OH is 1. The highest BCUT2D eigenvalue weighted by atomic mass is 79.9. The smallest absolute Gasteiger partial charge is 0.129 e. The minimum absolute atomic E-state index is 0.131. The largest absolute Gasteiger partial charge is 0.388 e. The molecule has 0 saturated heterocycles. The summed E-state index contributed by atoms with van der Waals surface area (Å²) in [6, 6.07) is 8.57. The molecule has 0 radical (unpaired) electrons. The Kier molecular flexibility index (Phi) is 4.71. The molecule has 2 rings (SSSR count). The van der Waals surface area contributed by atoms with Crippen LogP contribution in [0.25, 0.3) is 0 Å². The van der Waals surface area contributed by atoms with E-state index in [1.54, 1.807) is 12.1 Å². The number of halogens is 4. The molecule has 0 saturated carbocycles. The van der Waals surface area contributed by atoms with Gasteiger partial charge in [0.2, 0.25) is 0 Å². The highest BCUT2D eigenvalue weighted by molar-refractivity contribution is 9.10. The topological polar surface area (TPSA) is 20.2 Å². The predicted octanol–water partition coefficient (Wildman–Crippen LogP) is 4.77. The van der Waals surface area contributed by atoms with Crippen molar-refractivity contribution in [2.75, 3.05) is 0 Å². The van der Waals surface area contributed by atoms with E-state index in [2.05, 4.69) is 31.9 Å². The first-order valence-electron chi connectivity index (χ1n) is 5.54. The van der Waals surface area contributed by atoms with Crippen molar-refractivity contribution in [2.24, 2.45) is 0 Å². The van der Waals surface area contributed by atoms with Crippen LogP contribution in [0.3, 0.4) is 0 Å². The van der Waals surface area contributed by atoms with Gasteiger partial charge in [0.15, 0.2) is 0 Å². The summed E-state index contributed by atoms with van der Waals surface area (Å²) in [4.78, 5) is 0. The van der Waals surface area contributed by atoms with E-state index in [4.69, 9.17) is 0 Å². The van der Waals surface area contributed by atoms with Crippen LogP contribution in [-0.4, -0.2) is 5.11 Å². The molecule has 0 amide bonds. The van der Waals surface area contributed by atoms with Gasteiger partial charge in [0.25, 0.3) is 0 Å². The van der Waals surface area contributed by atoms with E-state index in [0.29, 0.717) is 14.5 Å². The molecule has 100 valence electrons. The quantitative estimate of drug-likeness (QED) is 0.799. The van der Waals surface area contributed by atoms with E-state index in [1.807, 2.05) is 0 Å². The first kappa shape index (κ1) is 14.6. The van der Waals surface area contributed by atoms with E-state index in [0.717, 1.165) is 0 Å². The van der Waals surface area contributed by atoms with E-state index < -0.39 is 11.9 Å². The molecule has 0 aliphatic carbocycles. The summed E-state index contributed by atoms with van der Waals surface area (Å²) in [7, 11) is 0. The lowest BCUT2D eigenvalue weighted by molar-refractivity contribution is 0.173. The Balaban J connectivity index is 2.27. The molecule has 0 fully saturated rings. The molecule has 1 unspecified atom stereocenters. The Hall–Kier alpha value is -0.780. The summed E-state index contributed by atoms with van der Waals surface area (Å²) in [6.07, 6.45) is -0.901. The lowest BCUT2D eigenvalue weighted by atomic mass is 10.0. The minimum Gasteiger partial charge on any atom is -0.388 e. The number of aliphatic hydroxyl groups is 1. The number of hydrogen-bond acceptors (Lipinski definition) is 1. The SMILES string of the molecule is OC(Cc1cc(F)ccc1Br)c1cc(Br)ccc1F. The number of hydrogen-bond donors (Lipinski definition) is 1. The molecule has 0 aliphatic heterocycles. The third-order valence-electron chi connectivity index (χ3n) is 2.74. The van der Waals surface area contributed by atoms with Crippen molar-refractivity contribution in [3.63, 3.8) is 0 Å². The van der Waals surface area contributed by atoms with E-state index in [1.165, 1.54) is 24.3 Å². The highest BCUT2D eigenvalue weighted by Gasteiger charge is 2.15. The summed E-state index contributed by atoms with van der Waals surface area (Å²) in [6.45, 7) is 0. The molecule has 5 heteroatoms. The molecule has 2 aromatic rings. The summed E-state index contributed by atoms with van der Waals surface area (Å²) < 4.78 is 28.2. The minimum atomic E-state index is -1.03. The highest BCUT2D eigenvalue weighted by Crippen LogP contribution is 2.27. The van der Waals surface area contributed by atoms with Crippen LogP contribution in [0.4, 0.5) is 8.78 Å². The van der Waals surface area contributed by atoms with Gasteiger partial charge < -0.3 is 5.11 Å². The fraction of sp³-hybridized carbons (Fsp3) is 0.143. The maximum Gasteiger partial charge on any atom is 0.129 e. The normalized spacial score (nSPS) is 12.5. The molecule has 0 aromatic heterocycles. The number of rotatable bonds is 3. The standard InChI is InChI=1S/C14H10Br2F2O/c15-9-1-4-13(18)11(7-9)14(19)6-8-5-10(17)2-3-12(8)16/h1-5,7,14,19H,6H2. The van der Waals surface area contributed by atoms with Crippen LogP contribution in [-0.2, 0) is 6.42 Å². The second-order valence-corrected chi connectivity index (χ2v) is 5.89. The first-order chi connectivity index (χ1) is 8.97. The molecule has 2 aromatic carbocycles. The maximum absolute atomic E-state index is 13.6. The van der Waals surface area contributed by atoms with Crippen LogP contribution in [0.1, 0.15) is 17.2 Å². The van der Waals surface area contributed by atoms with Gasteiger partial charge in [-0.3, -0.25) is 0 Å². The first-order valence-corrected chi connectivity index (χ1v) is 7.13. The van der Waals surface area contributed by atoms with Crippen molar-refractivity contribution in [1.82, 2.24) is 0 Å². The van der Waals surface area contributed by atoms with Crippen LogP contribution in [0, 0.1) is 11.6 Å². The van der Waals surface area contributed by atoms with Crippen LogP contribution in [0.5, 0.6) is 0 Å². The second kappa shape index (κ2) is 6.11. The van der Waals surface area contributed by atoms with Crippen LogP contribution in [0.15, 0.2) is 45.3 Å². The molecular formula is C14H10Br2F2O. The lowest BCUT2D eigenvalue weighted by Crippen LogP contribution is -2.05. The molecule has 0 bridgehead atoms. The molecule has 1 N–H and O–H groups in total. The monoisotopic (exact) mass is 390 g/mol. The zero-order chi connectivity index (χ0) is 14.0. The molecule has 1 atom stereocenters. The van der Waals surface area contributed by atoms with E-state index in [9.17, 15) is 13.9 Å². The van der Waals surface area contributed by atoms with Gasteiger partial charge in [0.1, 0.15) is 11.6 Å². The van der Waals surface area contributed by atoms with Gasteiger partial charge in [0.05, 0.1) is 6.10 Å². The molecular weight excluding hydrogens is 382 g/mol. The number of benzene rings is 2. The van der Waals surface area contributed by atoms with Crippen LogP contribution >= 0.6 is 31.9 Å². The van der Waals surface area contributed by atoms with Gasteiger partial charge in [-0.15, -0.1) is 0 Å². The van der Waals surface area contributed by atoms with E-state index in [-0.39, 0.29) is 17.8 Å². The predicted molar refractivity (Wildman–Crippen MR) is 76.9 cm³/mol. The molecule has 19 heavy (non-hydrogen) atoms. The Labute approximate surface area is 126 Å². The Morgan fingerprint density at radius 3 is 2.53 bits per heavy atom. The van der Waals surface area contributed by atoms with Gasteiger partial charge in [-0.25, -0.2) is 8.78 Å². The average molecular weight is 392 g/mol. The van der Waals surface area contributed by atoms with Crippen molar-refractivity contribution < 1.29 is 13.9 Å². The van der Waals surface area contributed by atoms with Gasteiger partial charge in [-0.2, -0.15) is 0 Å². The molecule has 0 spiro atoms. The Morgan fingerprint density at radius 1 is 1.05 bits per heavy atom. The molecule has 0 heterocycles. The van der Waals surface area contributed by atoms with Crippen molar-refractivity contribution in [3.8, 4) is 0 Å². The Bertz CT molecular complexity index is 602. The summed E-state index contributed by atoms with van der Waals surface area (Å²) >= 11 is 6.51. The van der Waals surface area contributed by atoms with Gasteiger partial charge in [0, 0.05) is 20.9 Å². The second-order valence-electron chi connectivity index (χ2n) is 4.12. The van der Waals surface area contributed by atoms with Crippen molar-refractivity contribution in [3.05, 3.63) is 68.1 Å². The fourth-order valence-corrected chi connectivity index (χ4v) is 2.58. The lowest BCUT2D eigenvalue weighted by Gasteiger charge is -2.13. The summed E-state index contributed by atoms with van der Waals surface area (Å²) in [5, 5.41) is 10.1. The zero-order valence-corrected chi connectivity index (χ0v) is 12.9. The summed E-state index contributed by atoms with van der Waals surface area (Å²) in [5.41, 5.74) is 0.775. The van der Waals surface area contributed by atoms with Gasteiger partial charge in [-0.05, 0) is 42.0 Å². The summed E-state index contributed by atoms with van der Waals surface area (Å²) in [5.74, 6) is -0.872. The van der Waals surface area contributed by atoms with E-state index >= 15 is 0 Å². The Morgan fingerprint density at radius 2 is 1.79 bits per heavy atom. The van der Waals surface area contributed by atoms with Crippen molar-refractivity contribution >= 4 is 31.9 Å². The third kappa shape index (κ3) is 3.61. The fourth-order valence-electron chi connectivity index (χ4n) is 1.79. The average Bonchev–Trinajstić information content (AvgIpc) is 2.36. The maximum atomic E-state index is 13.6. The van der Waals surface area contributed by atoms with Gasteiger partial charge >= 0.3 is 0 Å². The van der Waals surface area contributed by atoms with Crippen molar-refractivity contribution in [1.29, 1.82) is 0 Å². The van der Waals surface area contributed by atoms with Crippen molar-refractivity contribution in [2.45, 2.75) is 12.5 Å². The van der Waals surface area contributed by atoms with Crippen LogP contribution < -0.4 is 0 Å². The zero-order valence-electron chi connectivity index (χ0n) is 9.71. The van der Waals surface area contributed by atoms with Gasteiger partial charge in [-0.1, -0.05) is 31.9 Å².